The lowest BCUT2D eigenvalue weighted by atomic mass is 10.0. The molecule has 0 unspecified atom stereocenters. The molecule has 0 heterocycles. The lowest BCUT2D eigenvalue weighted by molar-refractivity contribution is 0.189. The third-order valence-electron chi connectivity index (χ3n) is 3.49. The summed E-state index contributed by atoms with van der Waals surface area (Å²) in [6.07, 6.45) is 0. The van der Waals surface area contributed by atoms with Crippen LogP contribution in [0.15, 0.2) is 18.2 Å². The van der Waals surface area contributed by atoms with Crippen molar-refractivity contribution in [3.05, 3.63) is 29.3 Å². The van der Waals surface area contributed by atoms with Crippen LogP contribution in [0.5, 0.6) is 5.75 Å². The molecule has 1 aromatic carbocycles. The van der Waals surface area contributed by atoms with Crippen molar-refractivity contribution in [2.45, 2.75) is 25.9 Å². The summed E-state index contributed by atoms with van der Waals surface area (Å²) in [4.78, 5) is 2.18. The molecule has 0 radical (unpaired) electrons. The van der Waals surface area contributed by atoms with Gasteiger partial charge in [0.05, 0.1) is 18.7 Å². The van der Waals surface area contributed by atoms with Gasteiger partial charge in [0.15, 0.2) is 0 Å². The summed E-state index contributed by atoms with van der Waals surface area (Å²) >= 11 is 0. The summed E-state index contributed by atoms with van der Waals surface area (Å²) in [6, 6.07) is 7.63. The van der Waals surface area contributed by atoms with Gasteiger partial charge >= 0.3 is 0 Å². The van der Waals surface area contributed by atoms with Crippen molar-refractivity contribution < 1.29 is 4.74 Å². The molecule has 0 aromatic heterocycles. The fourth-order valence-corrected chi connectivity index (χ4v) is 1.65. The van der Waals surface area contributed by atoms with Crippen molar-refractivity contribution in [3.8, 4) is 11.8 Å². The number of hydrogen-bond acceptors (Lipinski definition) is 4. The minimum absolute atomic E-state index is 0.0834. The number of ether oxygens (including phenoxy) is 1. The smallest absolute Gasteiger partial charge is 0.123 e. The Balaban J connectivity index is 2.70. The maximum Gasteiger partial charge on any atom is 0.123 e. The van der Waals surface area contributed by atoms with E-state index in [0.29, 0.717) is 12.1 Å². The molecule has 4 heteroatoms. The van der Waals surface area contributed by atoms with Gasteiger partial charge in [-0.05, 0) is 46.1 Å². The Bertz CT molecular complexity index is 461. The van der Waals surface area contributed by atoms with Crippen LogP contribution in [-0.4, -0.2) is 38.2 Å². The minimum Gasteiger partial charge on any atom is -0.496 e. The van der Waals surface area contributed by atoms with Crippen LogP contribution in [0.3, 0.4) is 0 Å². The van der Waals surface area contributed by atoms with E-state index in [4.69, 9.17) is 10.00 Å². The van der Waals surface area contributed by atoms with E-state index < -0.39 is 0 Å². The second kappa shape index (κ2) is 6.55. The highest BCUT2D eigenvalue weighted by Crippen LogP contribution is 2.19. The quantitative estimate of drug-likeness (QED) is 0.851. The summed E-state index contributed by atoms with van der Waals surface area (Å²) in [5.74, 6) is 0.814. The van der Waals surface area contributed by atoms with Crippen molar-refractivity contribution in [1.29, 1.82) is 5.26 Å². The molecule has 0 saturated carbocycles. The maximum absolute atomic E-state index is 8.94. The van der Waals surface area contributed by atoms with E-state index in [1.165, 1.54) is 0 Å². The first kappa shape index (κ1) is 15.5. The van der Waals surface area contributed by atoms with Crippen LogP contribution < -0.4 is 10.1 Å². The van der Waals surface area contributed by atoms with Crippen molar-refractivity contribution >= 4 is 0 Å². The van der Waals surface area contributed by atoms with Crippen LogP contribution in [0.4, 0.5) is 0 Å². The highest BCUT2D eigenvalue weighted by atomic mass is 16.5. The first-order valence-corrected chi connectivity index (χ1v) is 6.36. The van der Waals surface area contributed by atoms with Gasteiger partial charge in [-0.2, -0.15) is 5.26 Å². The summed E-state index contributed by atoms with van der Waals surface area (Å²) in [5, 5.41) is 12.4. The Morgan fingerprint density at radius 1 is 1.37 bits per heavy atom. The lowest BCUT2D eigenvalue weighted by Crippen LogP contribution is -2.46. The molecule has 0 atom stereocenters. The fourth-order valence-electron chi connectivity index (χ4n) is 1.65. The largest absolute Gasteiger partial charge is 0.496 e. The Morgan fingerprint density at radius 2 is 2.05 bits per heavy atom. The molecular formula is C15H23N3O. The third-order valence-corrected chi connectivity index (χ3v) is 3.49. The zero-order valence-electron chi connectivity index (χ0n) is 12.4. The first-order chi connectivity index (χ1) is 8.90. The zero-order valence-corrected chi connectivity index (χ0v) is 12.4. The van der Waals surface area contributed by atoms with Crippen LogP contribution in [0.1, 0.15) is 25.0 Å². The molecule has 1 N–H and O–H groups in total. The predicted octanol–water partition coefficient (Wildman–Crippen LogP) is 2.00. The van der Waals surface area contributed by atoms with Gasteiger partial charge in [-0.1, -0.05) is 0 Å². The normalized spacial score (nSPS) is 11.4. The average Bonchev–Trinajstić information content (AvgIpc) is 2.38. The monoisotopic (exact) mass is 261 g/mol. The van der Waals surface area contributed by atoms with Gasteiger partial charge in [0.1, 0.15) is 5.75 Å². The molecule has 0 saturated heterocycles. The molecule has 0 fully saturated rings. The Morgan fingerprint density at radius 3 is 2.58 bits per heavy atom. The summed E-state index contributed by atoms with van der Waals surface area (Å²) in [5.41, 5.74) is 1.75. The number of methoxy groups -OCH3 is 1. The molecule has 4 nitrogen and oxygen atoms in total. The number of hydrogen-bond donors (Lipinski definition) is 1. The second-order valence-corrected chi connectivity index (χ2v) is 5.45. The third kappa shape index (κ3) is 4.23. The average molecular weight is 261 g/mol. The van der Waals surface area contributed by atoms with Crippen molar-refractivity contribution in [3.63, 3.8) is 0 Å². The molecule has 19 heavy (non-hydrogen) atoms. The minimum atomic E-state index is 0.0834. The molecular weight excluding hydrogens is 238 g/mol. The van der Waals surface area contributed by atoms with Gasteiger partial charge in [0.2, 0.25) is 0 Å². The molecule has 0 aliphatic heterocycles. The highest BCUT2D eigenvalue weighted by Gasteiger charge is 2.19. The van der Waals surface area contributed by atoms with E-state index in [1.54, 1.807) is 13.2 Å². The van der Waals surface area contributed by atoms with Gasteiger partial charge in [-0.15, -0.1) is 0 Å². The lowest BCUT2D eigenvalue weighted by Gasteiger charge is -2.32. The molecule has 104 valence electrons. The number of benzene rings is 1. The molecule has 1 rings (SSSR count). The van der Waals surface area contributed by atoms with Crippen LogP contribution in [0, 0.1) is 11.3 Å². The predicted molar refractivity (Wildman–Crippen MR) is 77.2 cm³/mol. The van der Waals surface area contributed by atoms with Crippen LogP contribution in [0.2, 0.25) is 0 Å². The standard InChI is InChI=1S/C15H23N3O/c1-15(2,18(3)4)11-17-10-13-8-12(9-16)6-7-14(13)19-5/h6-8,17H,10-11H2,1-5H3. The Kier molecular flexibility index (Phi) is 5.34. The summed E-state index contributed by atoms with van der Waals surface area (Å²) in [7, 11) is 5.78. The van der Waals surface area contributed by atoms with E-state index in [-0.39, 0.29) is 5.54 Å². The second-order valence-electron chi connectivity index (χ2n) is 5.45. The molecule has 0 bridgehead atoms. The Labute approximate surface area is 116 Å². The van der Waals surface area contributed by atoms with Crippen LogP contribution >= 0.6 is 0 Å². The number of nitrogens with one attached hydrogen (secondary N) is 1. The summed E-state index contributed by atoms with van der Waals surface area (Å²) < 4.78 is 5.32. The van der Waals surface area contributed by atoms with Gasteiger partial charge in [0.25, 0.3) is 0 Å². The van der Waals surface area contributed by atoms with E-state index in [0.717, 1.165) is 17.9 Å². The van der Waals surface area contributed by atoms with Gasteiger partial charge in [-0.25, -0.2) is 0 Å². The molecule has 0 spiro atoms. The molecule has 0 aliphatic rings. The fraction of sp³-hybridized carbons (Fsp3) is 0.533. The first-order valence-electron chi connectivity index (χ1n) is 6.36. The maximum atomic E-state index is 8.94. The highest BCUT2D eigenvalue weighted by molar-refractivity contribution is 5.41. The number of nitriles is 1. The number of rotatable bonds is 6. The van der Waals surface area contributed by atoms with Gasteiger partial charge in [0, 0.05) is 24.2 Å². The van der Waals surface area contributed by atoms with Gasteiger partial charge in [-0.3, -0.25) is 0 Å². The topological polar surface area (TPSA) is 48.3 Å². The SMILES string of the molecule is COc1ccc(C#N)cc1CNCC(C)(C)N(C)C. The van der Waals surface area contributed by atoms with E-state index in [9.17, 15) is 0 Å². The van der Waals surface area contributed by atoms with E-state index >= 15 is 0 Å². The molecule has 1 aromatic rings. The van der Waals surface area contributed by atoms with Crippen molar-refractivity contribution in [1.82, 2.24) is 10.2 Å². The van der Waals surface area contributed by atoms with Crippen LogP contribution in [-0.2, 0) is 6.54 Å². The van der Waals surface area contributed by atoms with Crippen LogP contribution in [0.25, 0.3) is 0 Å². The Hall–Kier alpha value is -1.57. The van der Waals surface area contributed by atoms with Gasteiger partial charge < -0.3 is 15.0 Å². The zero-order chi connectivity index (χ0) is 14.5. The van der Waals surface area contributed by atoms with Crippen molar-refractivity contribution in [2.24, 2.45) is 0 Å². The molecule has 0 amide bonds. The molecule has 0 aliphatic carbocycles. The summed E-state index contributed by atoms with van der Waals surface area (Å²) in [6.45, 7) is 5.92. The number of nitrogens with zero attached hydrogens (tertiary/aromatic N) is 2. The number of likely N-dealkylation sites (N-methyl/N-ethyl adjacent to an activating group) is 1. The van der Waals surface area contributed by atoms with Crippen molar-refractivity contribution in [2.75, 3.05) is 27.7 Å². The van der Waals surface area contributed by atoms with E-state index in [1.807, 2.05) is 12.1 Å². The van der Waals surface area contributed by atoms with E-state index in [2.05, 4.69) is 44.2 Å².